The van der Waals surface area contributed by atoms with Gasteiger partial charge in [-0.2, -0.15) is 0 Å². The zero-order valence-corrected chi connectivity index (χ0v) is 12.0. The van der Waals surface area contributed by atoms with E-state index < -0.39 is 5.97 Å². The molecule has 1 aliphatic rings. The zero-order chi connectivity index (χ0) is 12.7. The number of aliphatic hydroxyl groups is 1. The fourth-order valence-electron chi connectivity index (χ4n) is 2.07. The van der Waals surface area contributed by atoms with Gasteiger partial charge in [0.1, 0.15) is 0 Å². The summed E-state index contributed by atoms with van der Waals surface area (Å²) >= 11 is 3.63. The van der Waals surface area contributed by atoms with Crippen LogP contribution in [0.25, 0.3) is 0 Å². The Labute approximate surface area is 112 Å². The molecule has 0 spiro atoms. The van der Waals surface area contributed by atoms with Gasteiger partial charge >= 0.3 is 5.97 Å². The van der Waals surface area contributed by atoms with Gasteiger partial charge in [-0.25, -0.2) is 0 Å². The van der Waals surface area contributed by atoms with Gasteiger partial charge in [0.15, 0.2) is 0 Å². The first-order valence-electron chi connectivity index (χ1n) is 6.22. The predicted molar refractivity (Wildman–Crippen MR) is 74.7 cm³/mol. The summed E-state index contributed by atoms with van der Waals surface area (Å²) in [6, 6.07) is 0. The van der Waals surface area contributed by atoms with E-state index in [0.29, 0.717) is 0 Å². The first kappa shape index (κ1) is 15.2. The molecule has 0 saturated carbocycles. The number of aliphatic carboxylic acids is 1. The fourth-order valence-corrected chi connectivity index (χ4v) is 5.35. The summed E-state index contributed by atoms with van der Waals surface area (Å²) in [5.74, 6) is 1.47. The van der Waals surface area contributed by atoms with Crippen molar-refractivity contribution in [3.8, 4) is 0 Å². The van der Waals surface area contributed by atoms with Crippen LogP contribution in [0.2, 0.25) is 0 Å². The molecule has 0 radical (unpaired) electrons. The van der Waals surface area contributed by atoms with Crippen molar-refractivity contribution < 1.29 is 15.0 Å². The molecule has 0 aromatic heterocycles. The fraction of sp³-hybridized carbons (Fsp3) is 0.917. The smallest absolute Gasteiger partial charge is 0.305 e. The van der Waals surface area contributed by atoms with E-state index in [4.69, 9.17) is 10.2 Å². The van der Waals surface area contributed by atoms with E-state index >= 15 is 0 Å². The molecule has 17 heavy (non-hydrogen) atoms. The van der Waals surface area contributed by atoms with Gasteiger partial charge in [-0.05, 0) is 19.8 Å². The topological polar surface area (TPSA) is 57.5 Å². The Kier molecular flexibility index (Phi) is 6.74. The van der Waals surface area contributed by atoms with Crippen LogP contribution in [-0.4, -0.2) is 37.9 Å². The van der Waals surface area contributed by atoms with Gasteiger partial charge in [-0.1, -0.05) is 19.3 Å². The van der Waals surface area contributed by atoms with Crippen LogP contribution in [0, 0.1) is 0 Å². The molecule has 0 aliphatic carbocycles. The number of rotatable bonds is 8. The predicted octanol–water partition coefficient (Wildman–Crippen LogP) is 2.97. The quantitative estimate of drug-likeness (QED) is 0.669. The summed E-state index contributed by atoms with van der Waals surface area (Å²) in [7, 11) is 0. The second-order valence-corrected chi connectivity index (χ2v) is 7.84. The van der Waals surface area contributed by atoms with Crippen molar-refractivity contribution in [1.82, 2.24) is 0 Å². The number of carbonyl (C=O) groups is 1. The molecule has 1 fully saturated rings. The summed E-state index contributed by atoms with van der Waals surface area (Å²) in [5, 5.41) is 18.1. The number of carboxylic acids is 1. The molecule has 3 nitrogen and oxygen atoms in total. The van der Waals surface area contributed by atoms with Crippen LogP contribution in [0.5, 0.6) is 0 Å². The van der Waals surface area contributed by atoms with E-state index in [1.165, 1.54) is 0 Å². The Balaban J connectivity index is 2.23. The Bertz CT molecular complexity index is 238. The minimum Gasteiger partial charge on any atom is -0.481 e. The highest BCUT2D eigenvalue weighted by Gasteiger charge is 2.37. The van der Waals surface area contributed by atoms with Crippen LogP contribution in [0.4, 0.5) is 0 Å². The summed E-state index contributed by atoms with van der Waals surface area (Å²) < 4.78 is -0.0728. The molecule has 5 heteroatoms. The zero-order valence-electron chi connectivity index (χ0n) is 10.4. The molecule has 0 aromatic carbocycles. The highest BCUT2D eigenvalue weighted by Crippen LogP contribution is 2.49. The normalized spacial score (nSPS) is 20.4. The molecule has 0 amide bonds. The van der Waals surface area contributed by atoms with E-state index in [0.717, 1.165) is 43.6 Å². The van der Waals surface area contributed by atoms with Gasteiger partial charge in [0.25, 0.3) is 0 Å². The minimum absolute atomic E-state index is 0.0728. The van der Waals surface area contributed by atoms with Crippen molar-refractivity contribution in [2.75, 3.05) is 11.5 Å². The third kappa shape index (κ3) is 6.02. The lowest BCUT2D eigenvalue weighted by atomic mass is 10.1. The molecule has 0 aromatic rings. The van der Waals surface area contributed by atoms with E-state index in [-0.39, 0.29) is 16.6 Å². The number of hydrogen-bond acceptors (Lipinski definition) is 4. The molecule has 0 bridgehead atoms. The monoisotopic (exact) mass is 278 g/mol. The van der Waals surface area contributed by atoms with Crippen molar-refractivity contribution in [3.63, 3.8) is 0 Å². The van der Waals surface area contributed by atoms with Gasteiger partial charge in [0.2, 0.25) is 0 Å². The minimum atomic E-state index is -0.684. The van der Waals surface area contributed by atoms with Gasteiger partial charge in [0, 0.05) is 11.5 Å². The molecule has 100 valence electrons. The SMILES string of the molecule is CC(O)CCCCCC1(CC(=O)O)SCCS1. The van der Waals surface area contributed by atoms with Crippen LogP contribution < -0.4 is 0 Å². The molecule has 1 unspecified atom stereocenters. The van der Waals surface area contributed by atoms with Crippen LogP contribution in [0.15, 0.2) is 0 Å². The molecule has 2 N–H and O–H groups in total. The summed E-state index contributed by atoms with van der Waals surface area (Å²) in [6.07, 6.45) is 5.10. The first-order valence-corrected chi connectivity index (χ1v) is 8.19. The number of hydrogen-bond donors (Lipinski definition) is 2. The molecule has 1 heterocycles. The van der Waals surface area contributed by atoms with Gasteiger partial charge in [-0.3, -0.25) is 4.79 Å². The average molecular weight is 278 g/mol. The number of carboxylic acid groups (broad SMARTS) is 1. The van der Waals surface area contributed by atoms with Crippen molar-refractivity contribution in [2.45, 2.75) is 55.6 Å². The van der Waals surface area contributed by atoms with Crippen molar-refractivity contribution in [2.24, 2.45) is 0 Å². The Morgan fingerprint density at radius 3 is 2.47 bits per heavy atom. The highest BCUT2D eigenvalue weighted by atomic mass is 32.2. The Hall–Kier alpha value is 0.130. The summed E-state index contributed by atoms with van der Waals surface area (Å²) in [5.41, 5.74) is 0. The molecule has 1 aliphatic heterocycles. The second-order valence-electron chi connectivity index (χ2n) is 4.63. The average Bonchev–Trinajstić information content (AvgIpc) is 2.64. The standard InChI is InChI=1S/C12H22O3S2/c1-10(13)5-3-2-4-6-12(9-11(14)15)16-7-8-17-12/h10,13H,2-9H2,1H3,(H,14,15). The lowest BCUT2D eigenvalue weighted by Gasteiger charge is -2.25. The summed E-state index contributed by atoms with van der Waals surface area (Å²) in [6.45, 7) is 1.81. The molecular weight excluding hydrogens is 256 g/mol. The van der Waals surface area contributed by atoms with Crippen LogP contribution in [0.3, 0.4) is 0 Å². The van der Waals surface area contributed by atoms with Gasteiger partial charge < -0.3 is 10.2 Å². The Morgan fingerprint density at radius 1 is 1.29 bits per heavy atom. The molecule has 1 saturated heterocycles. The lowest BCUT2D eigenvalue weighted by Crippen LogP contribution is -2.21. The number of unbranched alkanes of at least 4 members (excludes halogenated alkanes) is 2. The highest BCUT2D eigenvalue weighted by molar-refractivity contribution is 8.21. The third-order valence-corrected chi connectivity index (χ3v) is 6.44. The Morgan fingerprint density at radius 2 is 1.94 bits per heavy atom. The number of aliphatic hydroxyl groups excluding tert-OH is 1. The maximum Gasteiger partial charge on any atom is 0.305 e. The number of thioether (sulfide) groups is 2. The van der Waals surface area contributed by atoms with Crippen molar-refractivity contribution in [3.05, 3.63) is 0 Å². The van der Waals surface area contributed by atoms with Crippen molar-refractivity contribution in [1.29, 1.82) is 0 Å². The van der Waals surface area contributed by atoms with Gasteiger partial charge in [0.05, 0.1) is 16.6 Å². The lowest BCUT2D eigenvalue weighted by molar-refractivity contribution is -0.137. The molecular formula is C12H22O3S2. The maximum atomic E-state index is 10.9. The van der Waals surface area contributed by atoms with Crippen LogP contribution in [-0.2, 0) is 4.79 Å². The van der Waals surface area contributed by atoms with Crippen LogP contribution in [0.1, 0.15) is 45.4 Å². The third-order valence-electron chi connectivity index (χ3n) is 2.91. The molecule has 1 atom stereocenters. The van der Waals surface area contributed by atoms with Crippen molar-refractivity contribution >= 4 is 29.5 Å². The van der Waals surface area contributed by atoms with E-state index in [1.807, 2.05) is 30.4 Å². The summed E-state index contributed by atoms with van der Waals surface area (Å²) in [4.78, 5) is 10.9. The maximum absolute atomic E-state index is 10.9. The first-order chi connectivity index (χ1) is 8.04. The van der Waals surface area contributed by atoms with Gasteiger partial charge in [-0.15, -0.1) is 23.5 Å². The second kappa shape index (κ2) is 7.54. The van der Waals surface area contributed by atoms with E-state index in [9.17, 15) is 4.79 Å². The van der Waals surface area contributed by atoms with Crippen LogP contribution >= 0.6 is 23.5 Å². The van der Waals surface area contributed by atoms with E-state index in [2.05, 4.69) is 0 Å². The van der Waals surface area contributed by atoms with E-state index in [1.54, 1.807) is 0 Å². The molecule has 1 rings (SSSR count). The largest absolute Gasteiger partial charge is 0.481 e.